The molecule has 0 saturated carbocycles. The summed E-state index contributed by atoms with van der Waals surface area (Å²) in [5.74, 6) is 0. The van der Waals surface area contributed by atoms with E-state index in [1.165, 1.54) is 11.1 Å². The quantitative estimate of drug-likeness (QED) is 0.633. The molecule has 0 aromatic heterocycles. The lowest BCUT2D eigenvalue weighted by molar-refractivity contribution is 1.04. The van der Waals surface area contributed by atoms with Crippen molar-refractivity contribution in [2.75, 3.05) is 0 Å². The van der Waals surface area contributed by atoms with Gasteiger partial charge in [-0.15, -0.1) is 0 Å². The van der Waals surface area contributed by atoms with E-state index in [9.17, 15) is 0 Å². The Bertz CT molecular complexity index is 313. The average molecular weight is 190 g/mol. The monoisotopic (exact) mass is 190 g/mol. The third kappa shape index (κ3) is 1.91. The molecule has 0 nitrogen and oxygen atoms in total. The van der Waals surface area contributed by atoms with E-state index in [1.807, 2.05) is 6.08 Å². The first kappa shape index (κ1) is 10.3. The predicted molar refractivity (Wildman–Crippen MR) is 64.9 cm³/mol. The third-order valence-corrected chi connectivity index (χ3v) is 3.57. The van der Waals surface area contributed by atoms with Crippen molar-refractivity contribution < 1.29 is 0 Å². The van der Waals surface area contributed by atoms with E-state index in [-0.39, 0.29) is 0 Å². The van der Waals surface area contributed by atoms with Crippen LogP contribution in [0, 0.1) is 0 Å². The van der Waals surface area contributed by atoms with E-state index < -0.39 is 0 Å². The van der Waals surface area contributed by atoms with E-state index in [4.69, 9.17) is 0 Å². The van der Waals surface area contributed by atoms with Gasteiger partial charge in [-0.1, -0.05) is 43.8 Å². The molecule has 13 heavy (non-hydrogen) atoms. The second-order valence-corrected chi connectivity index (χ2v) is 4.42. The molecule has 0 atom stereocenters. The van der Waals surface area contributed by atoms with Gasteiger partial charge in [0.1, 0.15) is 0 Å². The molecule has 0 radical (unpaired) electrons. The van der Waals surface area contributed by atoms with Gasteiger partial charge in [0.25, 0.3) is 0 Å². The molecule has 0 amide bonds. The maximum atomic E-state index is 3.86. The number of hydrogen-bond acceptors (Lipinski definition) is 0. The largest absolute Gasteiger partial charge is 0.0985 e. The topological polar surface area (TPSA) is 0 Å². The molecule has 0 bridgehead atoms. The van der Waals surface area contributed by atoms with Crippen LogP contribution in [0.2, 0.25) is 0 Å². The Morgan fingerprint density at radius 2 is 1.85 bits per heavy atom. The van der Waals surface area contributed by atoms with E-state index in [0.717, 1.165) is 23.1 Å². The zero-order chi connectivity index (χ0) is 9.84. The van der Waals surface area contributed by atoms with Crippen LogP contribution in [-0.4, -0.2) is 10.2 Å². The van der Waals surface area contributed by atoms with Crippen LogP contribution in [0.15, 0.2) is 18.7 Å². The van der Waals surface area contributed by atoms with Crippen LogP contribution in [0.4, 0.5) is 0 Å². The van der Waals surface area contributed by atoms with Gasteiger partial charge < -0.3 is 0 Å². The van der Waals surface area contributed by atoms with Crippen molar-refractivity contribution in [1.82, 2.24) is 0 Å². The lowest BCUT2D eigenvalue weighted by Gasteiger charge is -2.12. The van der Waals surface area contributed by atoms with Crippen LogP contribution < -0.4 is 5.19 Å². The minimum atomic E-state index is 1.13. The summed E-state index contributed by atoms with van der Waals surface area (Å²) in [4.78, 5) is 0. The molecule has 1 aromatic carbocycles. The fourth-order valence-corrected chi connectivity index (χ4v) is 2.75. The molecule has 0 aliphatic rings. The van der Waals surface area contributed by atoms with Crippen molar-refractivity contribution >= 4 is 21.5 Å². The summed E-state index contributed by atoms with van der Waals surface area (Å²) in [6.45, 7) is 8.32. The maximum Gasteiger partial charge on any atom is 0.0388 e. The summed E-state index contributed by atoms with van der Waals surface area (Å²) < 4.78 is 0. The molecular weight excluding hydrogens is 172 g/mol. The first-order valence-electron chi connectivity index (χ1n) is 4.98. The van der Waals surface area contributed by atoms with Crippen molar-refractivity contribution in [2.24, 2.45) is 0 Å². The van der Waals surface area contributed by atoms with Crippen LogP contribution in [-0.2, 0) is 12.8 Å². The van der Waals surface area contributed by atoms with Gasteiger partial charge >= 0.3 is 0 Å². The lowest BCUT2D eigenvalue weighted by atomic mass is 9.97. The van der Waals surface area contributed by atoms with Gasteiger partial charge in [-0.25, -0.2) is 0 Å². The molecule has 70 valence electrons. The summed E-state index contributed by atoms with van der Waals surface area (Å²) >= 11 is 0. The van der Waals surface area contributed by atoms with Crippen molar-refractivity contribution in [3.63, 3.8) is 0 Å². The van der Waals surface area contributed by atoms with Gasteiger partial charge in [0.15, 0.2) is 0 Å². The Hall–Kier alpha value is -0.823. The Labute approximate surface area is 84.1 Å². The first-order valence-corrected chi connectivity index (χ1v) is 5.98. The Balaban J connectivity index is 3.35. The van der Waals surface area contributed by atoms with Gasteiger partial charge in [0.2, 0.25) is 0 Å². The van der Waals surface area contributed by atoms with Crippen LogP contribution in [0.25, 0.3) is 6.08 Å². The highest BCUT2D eigenvalue weighted by Crippen LogP contribution is 2.15. The minimum Gasteiger partial charge on any atom is -0.0985 e. The smallest absolute Gasteiger partial charge is 0.0388 e. The highest BCUT2D eigenvalue weighted by atomic mass is 28.1. The van der Waals surface area contributed by atoms with E-state index >= 15 is 0 Å². The SMILES string of the molecule is C=Cc1ccc([SiH3])c(CC)c1CC. The minimum absolute atomic E-state index is 1.13. The second kappa shape index (κ2) is 4.42. The molecule has 0 fully saturated rings. The summed E-state index contributed by atoms with van der Waals surface area (Å²) in [5.41, 5.74) is 4.38. The zero-order valence-electron chi connectivity index (χ0n) is 8.85. The number of rotatable bonds is 3. The third-order valence-electron chi connectivity index (χ3n) is 2.63. The highest BCUT2D eigenvalue weighted by Gasteiger charge is 2.05. The van der Waals surface area contributed by atoms with Crippen LogP contribution in [0.5, 0.6) is 0 Å². The fraction of sp³-hybridized carbons (Fsp3) is 0.333. The summed E-state index contributed by atoms with van der Waals surface area (Å²) in [7, 11) is 1.15. The Morgan fingerprint density at radius 1 is 1.23 bits per heavy atom. The molecule has 0 aliphatic carbocycles. The van der Waals surface area contributed by atoms with Gasteiger partial charge in [0, 0.05) is 10.2 Å². The molecular formula is C12H18Si. The molecule has 0 heterocycles. The first-order chi connectivity index (χ1) is 6.24. The van der Waals surface area contributed by atoms with Crippen molar-refractivity contribution in [3.05, 3.63) is 35.4 Å². The van der Waals surface area contributed by atoms with Gasteiger partial charge in [-0.05, 0) is 29.5 Å². The van der Waals surface area contributed by atoms with Gasteiger partial charge in [-0.2, -0.15) is 0 Å². The fourth-order valence-electron chi connectivity index (χ4n) is 1.93. The molecule has 0 aliphatic heterocycles. The van der Waals surface area contributed by atoms with E-state index in [1.54, 1.807) is 10.8 Å². The molecule has 0 saturated heterocycles. The van der Waals surface area contributed by atoms with E-state index in [0.29, 0.717) is 0 Å². The summed E-state index contributed by atoms with van der Waals surface area (Å²) in [6.07, 6.45) is 4.25. The average Bonchev–Trinajstić information content (AvgIpc) is 2.17. The van der Waals surface area contributed by atoms with Crippen LogP contribution in [0.1, 0.15) is 30.5 Å². The lowest BCUT2D eigenvalue weighted by Crippen LogP contribution is -2.13. The van der Waals surface area contributed by atoms with Crippen molar-refractivity contribution in [1.29, 1.82) is 0 Å². The summed E-state index contributed by atoms with van der Waals surface area (Å²) in [5, 5.41) is 1.55. The highest BCUT2D eigenvalue weighted by molar-refractivity contribution is 6.33. The summed E-state index contributed by atoms with van der Waals surface area (Å²) in [6, 6.07) is 4.45. The van der Waals surface area contributed by atoms with Crippen molar-refractivity contribution in [2.45, 2.75) is 26.7 Å². The molecule has 0 N–H and O–H groups in total. The molecule has 0 unspecified atom stereocenters. The Kier molecular flexibility index (Phi) is 3.49. The molecule has 0 spiro atoms. The molecule has 1 aromatic rings. The van der Waals surface area contributed by atoms with E-state index in [2.05, 4.69) is 32.6 Å². The zero-order valence-corrected chi connectivity index (χ0v) is 10.9. The number of benzene rings is 1. The van der Waals surface area contributed by atoms with Crippen LogP contribution >= 0.6 is 0 Å². The van der Waals surface area contributed by atoms with Gasteiger partial charge in [0.05, 0.1) is 0 Å². The normalized spacial score (nSPS) is 10.3. The molecule has 1 rings (SSSR count). The standard InChI is InChI=1S/C12H18Si/c1-4-9-7-8-12(13)11(6-3)10(9)5-2/h4,7-8H,1,5-6H2,2-3,13H3. The van der Waals surface area contributed by atoms with Crippen molar-refractivity contribution in [3.8, 4) is 0 Å². The molecule has 1 heteroatoms. The number of hydrogen-bond donors (Lipinski definition) is 0. The Morgan fingerprint density at radius 3 is 2.31 bits per heavy atom. The van der Waals surface area contributed by atoms with Crippen LogP contribution in [0.3, 0.4) is 0 Å². The van der Waals surface area contributed by atoms with Gasteiger partial charge in [-0.3, -0.25) is 0 Å². The second-order valence-electron chi connectivity index (χ2n) is 3.34. The maximum absolute atomic E-state index is 3.86. The predicted octanol–water partition coefficient (Wildman–Crippen LogP) is 1.45.